The first-order chi connectivity index (χ1) is 9.72. The van der Waals surface area contributed by atoms with E-state index in [1.807, 2.05) is 12.1 Å². The molecule has 1 N–H and O–H groups in total. The maximum Gasteiger partial charge on any atom is 0.151 e. The van der Waals surface area contributed by atoms with Gasteiger partial charge < -0.3 is 9.67 Å². The van der Waals surface area contributed by atoms with E-state index in [0.29, 0.717) is 16.9 Å². The summed E-state index contributed by atoms with van der Waals surface area (Å²) in [7, 11) is 0. The molecule has 3 aromatic rings. The SMILES string of the molecule is N#Cc1ccc(-n2ccc3cc(C=O)cnc32)cc1O. The molecule has 0 unspecified atom stereocenters. The van der Waals surface area contributed by atoms with Crippen molar-refractivity contribution in [2.45, 2.75) is 0 Å². The lowest BCUT2D eigenvalue weighted by Gasteiger charge is -2.06. The fourth-order valence-electron chi connectivity index (χ4n) is 2.08. The summed E-state index contributed by atoms with van der Waals surface area (Å²) in [6.07, 6.45) is 4.04. The van der Waals surface area contributed by atoms with E-state index in [1.54, 1.807) is 29.0 Å². The van der Waals surface area contributed by atoms with Crippen molar-refractivity contribution in [2.75, 3.05) is 0 Å². The molecule has 1 aromatic carbocycles. The van der Waals surface area contributed by atoms with Crippen molar-refractivity contribution in [3.05, 3.63) is 53.9 Å². The van der Waals surface area contributed by atoms with E-state index in [0.717, 1.165) is 11.7 Å². The summed E-state index contributed by atoms with van der Waals surface area (Å²) >= 11 is 0. The van der Waals surface area contributed by atoms with Crippen LogP contribution in [0, 0.1) is 11.3 Å². The van der Waals surface area contributed by atoms with Crippen LogP contribution in [-0.4, -0.2) is 20.9 Å². The van der Waals surface area contributed by atoms with E-state index >= 15 is 0 Å². The van der Waals surface area contributed by atoms with E-state index < -0.39 is 0 Å². The lowest BCUT2D eigenvalue weighted by molar-refractivity contribution is 0.112. The molecule has 0 aliphatic carbocycles. The van der Waals surface area contributed by atoms with Crippen molar-refractivity contribution >= 4 is 17.3 Å². The van der Waals surface area contributed by atoms with Gasteiger partial charge in [0.1, 0.15) is 17.5 Å². The van der Waals surface area contributed by atoms with Gasteiger partial charge in [-0.1, -0.05) is 0 Å². The van der Waals surface area contributed by atoms with Gasteiger partial charge in [-0.05, 0) is 24.3 Å². The monoisotopic (exact) mass is 263 g/mol. The molecule has 0 atom stereocenters. The molecule has 3 rings (SSSR count). The fourth-order valence-corrected chi connectivity index (χ4v) is 2.08. The third-order valence-electron chi connectivity index (χ3n) is 3.06. The predicted molar refractivity (Wildman–Crippen MR) is 72.8 cm³/mol. The van der Waals surface area contributed by atoms with Crippen LogP contribution in [0.2, 0.25) is 0 Å². The Morgan fingerprint density at radius 1 is 1.30 bits per heavy atom. The Morgan fingerprint density at radius 3 is 2.85 bits per heavy atom. The number of hydrogen-bond donors (Lipinski definition) is 1. The molecule has 20 heavy (non-hydrogen) atoms. The van der Waals surface area contributed by atoms with Gasteiger partial charge in [-0.25, -0.2) is 4.98 Å². The van der Waals surface area contributed by atoms with Crippen molar-refractivity contribution < 1.29 is 9.90 Å². The molecule has 0 fully saturated rings. The minimum Gasteiger partial charge on any atom is -0.506 e. The van der Waals surface area contributed by atoms with E-state index in [1.165, 1.54) is 12.3 Å². The van der Waals surface area contributed by atoms with Gasteiger partial charge in [-0.15, -0.1) is 0 Å². The average Bonchev–Trinajstić information content (AvgIpc) is 2.90. The molecule has 5 nitrogen and oxygen atoms in total. The number of fused-ring (bicyclic) bond motifs is 1. The van der Waals surface area contributed by atoms with Gasteiger partial charge in [0.05, 0.1) is 11.3 Å². The topological polar surface area (TPSA) is 78.9 Å². The van der Waals surface area contributed by atoms with Gasteiger partial charge in [0.2, 0.25) is 0 Å². The van der Waals surface area contributed by atoms with Crippen LogP contribution in [0.25, 0.3) is 16.7 Å². The molecule has 0 aliphatic rings. The first kappa shape index (κ1) is 11.9. The summed E-state index contributed by atoms with van der Waals surface area (Å²) < 4.78 is 1.78. The van der Waals surface area contributed by atoms with Crippen LogP contribution in [0.5, 0.6) is 5.75 Å². The lowest BCUT2D eigenvalue weighted by Crippen LogP contribution is -1.94. The Balaban J connectivity index is 2.17. The van der Waals surface area contributed by atoms with Crippen LogP contribution in [0.15, 0.2) is 42.7 Å². The van der Waals surface area contributed by atoms with Gasteiger partial charge in [-0.3, -0.25) is 4.79 Å². The summed E-state index contributed by atoms with van der Waals surface area (Å²) in [6, 6.07) is 10.3. The van der Waals surface area contributed by atoms with Crippen molar-refractivity contribution in [3.8, 4) is 17.5 Å². The largest absolute Gasteiger partial charge is 0.506 e. The summed E-state index contributed by atoms with van der Waals surface area (Å²) in [5.41, 5.74) is 2.11. The minimum atomic E-state index is -0.0728. The number of hydrogen-bond acceptors (Lipinski definition) is 4. The number of pyridine rings is 1. The molecule has 0 radical (unpaired) electrons. The molecular weight excluding hydrogens is 254 g/mol. The van der Waals surface area contributed by atoms with E-state index in [4.69, 9.17) is 5.26 Å². The molecule has 0 amide bonds. The average molecular weight is 263 g/mol. The normalized spacial score (nSPS) is 10.3. The molecule has 0 spiro atoms. The zero-order valence-corrected chi connectivity index (χ0v) is 10.3. The van der Waals surface area contributed by atoms with E-state index in [9.17, 15) is 9.90 Å². The third kappa shape index (κ3) is 1.80. The first-order valence-corrected chi connectivity index (χ1v) is 5.88. The molecule has 2 aromatic heterocycles. The molecule has 0 aliphatic heterocycles. The van der Waals surface area contributed by atoms with Gasteiger partial charge in [0.15, 0.2) is 6.29 Å². The second-order valence-corrected chi connectivity index (χ2v) is 4.30. The van der Waals surface area contributed by atoms with Crippen LogP contribution < -0.4 is 0 Å². The predicted octanol–water partition coefficient (Wildman–Crippen LogP) is 2.42. The fraction of sp³-hybridized carbons (Fsp3) is 0. The van der Waals surface area contributed by atoms with Crippen LogP contribution in [0.3, 0.4) is 0 Å². The highest BCUT2D eigenvalue weighted by Crippen LogP contribution is 2.24. The van der Waals surface area contributed by atoms with Gasteiger partial charge in [0.25, 0.3) is 0 Å². The maximum absolute atomic E-state index is 10.7. The quantitative estimate of drug-likeness (QED) is 0.720. The summed E-state index contributed by atoms with van der Waals surface area (Å²) in [5.74, 6) is -0.0728. The molecule has 0 saturated carbocycles. The number of phenolic OH excluding ortho intramolecular Hbond substituents is 1. The number of phenols is 1. The highest BCUT2D eigenvalue weighted by molar-refractivity contribution is 5.85. The van der Waals surface area contributed by atoms with Crippen LogP contribution in [0.1, 0.15) is 15.9 Å². The number of nitrogens with zero attached hydrogens (tertiary/aromatic N) is 3. The van der Waals surface area contributed by atoms with Gasteiger partial charge in [-0.2, -0.15) is 5.26 Å². The van der Waals surface area contributed by atoms with Crippen LogP contribution >= 0.6 is 0 Å². The number of rotatable bonds is 2. The maximum atomic E-state index is 10.7. The smallest absolute Gasteiger partial charge is 0.151 e. The van der Waals surface area contributed by atoms with Crippen LogP contribution in [0.4, 0.5) is 0 Å². The Morgan fingerprint density at radius 2 is 2.15 bits per heavy atom. The zero-order valence-electron chi connectivity index (χ0n) is 10.3. The summed E-state index contributed by atoms with van der Waals surface area (Å²) in [4.78, 5) is 15.0. The Bertz CT molecular complexity index is 859. The molecule has 0 saturated heterocycles. The van der Waals surface area contributed by atoms with E-state index in [-0.39, 0.29) is 11.3 Å². The highest BCUT2D eigenvalue weighted by Gasteiger charge is 2.08. The number of carbonyl (C=O) groups excluding carboxylic acids is 1. The minimum absolute atomic E-state index is 0.0728. The number of aromatic hydroxyl groups is 1. The number of nitriles is 1. The second-order valence-electron chi connectivity index (χ2n) is 4.30. The highest BCUT2D eigenvalue weighted by atomic mass is 16.3. The number of aromatic nitrogens is 2. The molecular formula is C15H9N3O2. The zero-order chi connectivity index (χ0) is 14.1. The Labute approximate surface area is 114 Å². The molecule has 0 bridgehead atoms. The number of aldehydes is 1. The van der Waals surface area contributed by atoms with Crippen LogP contribution in [-0.2, 0) is 0 Å². The Kier molecular flexibility index (Phi) is 2.70. The standard InChI is InChI=1S/C15H9N3O2/c16-7-12-1-2-13(6-14(12)20)18-4-3-11-5-10(9-19)8-17-15(11)18/h1-6,8-9,20H. The molecule has 96 valence electrons. The Hall–Kier alpha value is -3.13. The van der Waals surface area contributed by atoms with E-state index in [2.05, 4.69) is 4.98 Å². The van der Waals surface area contributed by atoms with Gasteiger partial charge >= 0.3 is 0 Å². The lowest BCUT2D eigenvalue weighted by atomic mass is 10.2. The number of benzene rings is 1. The van der Waals surface area contributed by atoms with Crippen molar-refractivity contribution in [3.63, 3.8) is 0 Å². The van der Waals surface area contributed by atoms with Crippen molar-refractivity contribution in [1.82, 2.24) is 9.55 Å². The second kappa shape index (κ2) is 4.52. The van der Waals surface area contributed by atoms with Gasteiger partial charge in [0, 0.05) is 29.4 Å². The third-order valence-corrected chi connectivity index (χ3v) is 3.06. The first-order valence-electron chi connectivity index (χ1n) is 5.88. The summed E-state index contributed by atoms with van der Waals surface area (Å²) in [5, 5.41) is 19.4. The molecule has 2 heterocycles. The summed E-state index contributed by atoms with van der Waals surface area (Å²) in [6.45, 7) is 0. The van der Waals surface area contributed by atoms with Crippen molar-refractivity contribution in [2.24, 2.45) is 0 Å². The number of carbonyl (C=O) groups is 1. The van der Waals surface area contributed by atoms with Crippen molar-refractivity contribution in [1.29, 1.82) is 5.26 Å². The molecule has 5 heteroatoms.